The Balaban J connectivity index is 2.64. The summed E-state index contributed by atoms with van der Waals surface area (Å²) < 4.78 is 5.27. The predicted molar refractivity (Wildman–Crippen MR) is 66.1 cm³/mol. The number of hydrogen-bond acceptors (Lipinski definition) is 3. The smallest absolute Gasteiger partial charge is 0.145 e. The molecule has 0 aliphatic heterocycles. The summed E-state index contributed by atoms with van der Waals surface area (Å²) in [7, 11) is 3.52. The molecule has 0 aliphatic carbocycles. The second-order valence-corrected chi connectivity index (χ2v) is 3.89. The molecule has 0 radical (unpaired) electrons. The zero-order valence-corrected chi connectivity index (χ0v) is 10.0. The van der Waals surface area contributed by atoms with Gasteiger partial charge >= 0.3 is 0 Å². The van der Waals surface area contributed by atoms with E-state index < -0.39 is 0 Å². The van der Waals surface area contributed by atoms with Crippen molar-refractivity contribution < 1.29 is 4.74 Å². The first-order valence-electron chi connectivity index (χ1n) is 5.03. The second kappa shape index (κ2) is 4.68. The largest absolute Gasteiger partial charge is 0.494 e. The maximum atomic E-state index is 6.10. The van der Waals surface area contributed by atoms with E-state index in [0.717, 1.165) is 28.9 Å². The Morgan fingerprint density at radius 3 is 2.81 bits per heavy atom. The van der Waals surface area contributed by atoms with Gasteiger partial charge in [0.2, 0.25) is 0 Å². The second-order valence-electron chi connectivity index (χ2n) is 3.48. The van der Waals surface area contributed by atoms with Gasteiger partial charge in [-0.1, -0.05) is 11.6 Å². The topological polar surface area (TPSA) is 34.1 Å². The first-order valence-corrected chi connectivity index (χ1v) is 5.41. The Bertz CT molecular complexity index is 514. The SMILES string of the molecule is CNCc1ccc2c(Cl)ccc(OC)c2n1. The Morgan fingerprint density at radius 1 is 1.31 bits per heavy atom. The molecule has 84 valence electrons. The van der Waals surface area contributed by atoms with Crippen molar-refractivity contribution >= 4 is 22.5 Å². The molecule has 0 atom stereocenters. The molecule has 0 unspecified atom stereocenters. The Morgan fingerprint density at radius 2 is 2.12 bits per heavy atom. The predicted octanol–water partition coefficient (Wildman–Crippen LogP) is 2.62. The van der Waals surface area contributed by atoms with Crippen molar-refractivity contribution in [2.75, 3.05) is 14.2 Å². The molecule has 1 N–H and O–H groups in total. The summed E-state index contributed by atoms with van der Waals surface area (Å²) in [5.74, 6) is 0.748. The van der Waals surface area contributed by atoms with Gasteiger partial charge in [0.15, 0.2) is 0 Å². The van der Waals surface area contributed by atoms with E-state index in [-0.39, 0.29) is 0 Å². The molecule has 1 heterocycles. The molecule has 4 heteroatoms. The lowest BCUT2D eigenvalue weighted by Crippen LogP contribution is -2.06. The van der Waals surface area contributed by atoms with Crippen molar-refractivity contribution in [1.82, 2.24) is 10.3 Å². The van der Waals surface area contributed by atoms with E-state index in [1.807, 2.05) is 31.3 Å². The molecule has 0 saturated heterocycles. The molecule has 3 nitrogen and oxygen atoms in total. The molecular formula is C12H13ClN2O. The fourth-order valence-corrected chi connectivity index (χ4v) is 1.86. The molecule has 0 saturated carbocycles. The van der Waals surface area contributed by atoms with Crippen LogP contribution in [0.2, 0.25) is 5.02 Å². The van der Waals surface area contributed by atoms with Crippen molar-refractivity contribution in [1.29, 1.82) is 0 Å². The van der Waals surface area contributed by atoms with Gasteiger partial charge in [-0.25, -0.2) is 4.98 Å². The molecule has 2 aromatic rings. The summed E-state index contributed by atoms with van der Waals surface area (Å²) in [4.78, 5) is 4.52. The van der Waals surface area contributed by atoms with Crippen LogP contribution < -0.4 is 10.1 Å². The standard InChI is InChI=1S/C12H13ClN2O/c1-14-7-8-3-4-9-10(13)5-6-11(16-2)12(9)15-8/h3-6,14H,7H2,1-2H3. The van der Waals surface area contributed by atoms with E-state index in [1.54, 1.807) is 7.11 Å². The van der Waals surface area contributed by atoms with Gasteiger partial charge < -0.3 is 10.1 Å². The van der Waals surface area contributed by atoms with Crippen LogP contribution in [-0.4, -0.2) is 19.1 Å². The highest BCUT2D eigenvalue weighted by molar-refractivity contribution is 6.35. The third kappa shape index (κ3) is 1.96. The van der Waals surface area contributed by atoms with Crippen LogP contribution in [-0.2, 0) is 6.54 Å². The van der Waals surface area contributed by atoms with Crippen LogP contribution in [0.4, 0.5) is 0 Å². The fraction of sp³-hybridized carbons (Fsp3) is 0.250. The lowest BCUT2D eigenvalue weighted by atomic mass is 10.2. The number of nitrogens with one attached hydrogen (secondary N) is 1. The van der Waals surface area contributed by atoms with Crippen LogP contribution in [0.25, 0.3) is 10.9 Å². The molecule has 0 aliphatic rings. The fourth-order valence-electron chi connectivity index (χ4n) is 1.64. The van der Waals surface area contributed by atoms with Crippen LogP contribution in [0.3, 0.4) is 0 Å². The number of nitrogens with zero attached hydrogens (tertiary/aromatic N) is 1. The molecule has 1 aromatic heterocycles. The van der Waals surface area contributed by atoms with Gasteiger partial charge in [0.1, 0.15) is 11.3 Å². The number of rotatable bonds is 3. The molecule has 1 aromatic carbocycles. The zero-order valence-electron chi connectivity index (χ0n) is 9.25. The van der Waals surface area contributed by atoms with Gasteiger partial charge in [-0.3, -0.25) is 0 Å². The van der Waals surface area contributed by atoms with Crippen LogP contribution in [0.5, 0.6) is 5.75 Å². The first kappa shape index (κ1) is 11.2. The van der Waals surface area contributed by atoms with Crippen LogP contribution >= 0.6 is 11.6 Å². The highest BCUT2D eigenvalue weighted by atomic mass is 35.5. The third-order valence-electron chi connectivity index (χ3n) is 2.40. The summed E-state index contributed by atoms with van der Waals surface area (Å²) >= 11 is 6.10. The number of hydrogen-bond donors (Lipinski definition) is 1. The van der Waals surface area contributed by atoms with E-state index >= 15 is 0 Å². The summed E-state index contributed by atoms with van der Waals surface area (Å²) in [5.41, 5.74) is 1.78. The Kier molecular flexibility index (Phi) is 3.27. The minimum absolute atomic E-state index is 0.694. The number of pyridine rings is 1. The van der Waals surface area contributed by atoms with Crippen molar-refractivity contribution in [3.63, 3.8) is 0 Å². The first-order chi connectivity index (χ1) is 7.76. The summed E-state index contributed by atoms with van der Waals surface area (Å²) in [6, 6.07) is 7.59. The van der Waals surface area contributed by atoms with E-state index in [9.17, 15) is 0 Å². The van der Waals surface area contributed by atoms with Crippen molar-refractivity contribution in [2.45, 2.75) is 6.54 Å². The van der Waals surface area contributed by atoms with Gasteiger partial charge in [-0.05, 0) is 31.3 Å². The van der Waals surface area contributed by atoms with Crippen LogP contribution in [0.15, 0.2) is 24.3 Å². The highest BCUT2D eigenvalue weighted by Crippen LogP contribution is 2.29. The van der Waals surface area contributed by atoms with Gasteiger partial charge in [0.25, 0.3) is 0 Å². The molecule has 0 spiro atoms. The minimum Gasteiger partial charge on any atom is -0.494 e. The lowest BCUT2D eigenvalue weighted by Gasteiger charge is -2.08. The quantitative estimate of drug-likeness (QED) is 0.890. The number of fused-ring (bicyclic) bond motifs is 1. The molecule has 0 fully saturated rings. The van der Waals surface area contributed by atoms with Gasteiger partial charge in [-0.2, -0.15) is 0 Å². The van der Waals surface area contributed by atoms with E-state index in [4.69, 9.17) is 16.3 Å². The molecule has 16 heavy (non-hydrogen) atoms. The van der Waals surface area contributed by atoms with E-state index in [0.29, 0.717) is 5.02 Å². The average molecular weight is 237 g/mol. The maximum Gasteiger partial charge on any atom is 0.145 e. The number of methoxy groups -OCH3 is 1. The monoisotopic (exact) mass is 236 g/mol. The summed E-state index contributed by atoms with van der Waals surface area (Å²) in [6.45, 7) is 0.728. The van der Waals surface area contributed by atoms with Crippen molar-refractivity contribution in [3.8, 4) is 5.75 Å². The average Bonchev–Trinajstić information content (AvgIpc) is 2.30. The van der Waals surface area contributed by atoms with Gasteiger partial charge in [0.05, 0.1) is 17.8 Å². The maximum absolute atomic E-state index is 6.10. The van der Waals surface area contributed by atoms with Gasteiger partial charge in [0, 0.05) is 11.9 Å². The minimum atomic E-state index is 0.694. The Labute approximate surface area is 99.4 Å². The highest BCUT2D eigenvalue weighted by Gasteiger charge is 2.07. The number of benzene rings is 1. The third-order valence-corrected chi connectivity index (χ3v) is 2.73. The van der Waals surface area contributed by atoms with Gasteiger partial charge in [-0.15, -0.1) is 0 Å². The van der Waals surface area contributed by atoms with E-state index in [2.05, 4.69) is 10.3 Å². The van der Waals surface area contributed by atoms with Crippen LogP contribution in [0, 0.1) is 0 Å². The van der Waals surface area contributed by atoms with Crippen LogP contribution in [0.1, 0.15) is 5.69 Å². The number of halogens is 1. The van der Waals surface area contributed by atoms with Crippen molar-refractivity contribution in [2.24, 2.45) is 0 Å². The lowest BCUT2D eigenvalue weighted by molar-refractivity contribution is 0.419. The summed E-state index contributed by atoms with van der Waals surface area (Å²) in [5, 5.41) is 4.68. The number of ether oxygens (including phenoxy) is 1. The van der Waals surface area contributed by atoms with Crippen molar-refractivity contribution in [3.05, 3.63) is 35.0 Å². The normalized spacial score (nSPS) is 10.7. The van der Waals surface area contributed by atoms with E-state index in [1.165, 1.54) is 0 Å². The molecule has 0 amide bonds. The molecular weight excluding hydrogens is 224 g/mol. The summed E-state index contributed by atoms with van der Waals surface area (Å²) in [6.07, 6.45) is 0. The molecule has 2 rings (SSSR count). The Hall–Kier alpha value is -1.32. The number of aromatic nitrogens is 1. The molecule has 0 bridgehead atoms. The zero-order chi connectivity index (χ0) is 11.5.